The molecule has 4 nitrogen and oxygen atoms in total. The molecular formula is C18H27NO3. The van der Waals surface area contributed by atoms with Crippen LogP contribution in [-0.2, 0) is 15.0 Å². The molecule has 122 valence electrons. The highest BCUT2D eigenvalue weighted by Crippen LogP contribution is 2.28. The molecule has 0 unspecified atom stereocenters. The Kier molecular flexibility index (Phi) is 6.15. The van der Waals surface area contributed by atoms with Crippen molar-refractivity contribution in [2.45, 2.75) is 64.3 Å². The van der Waals surface area contributed by atoms with Crippen molar-refractivity contribution >= 4 is 11.9 Å². The van der Waals surface area contributed by atoms with Crippen molar-refractivity contribution in [2.75, 3.05) is 0 Å². The molecule has 22 heavy (non-hydrogen) atoms. The van der Waals surface area contributed by atoms with Crippen LogP contribution in [0.1, 0.15) is 58.9 Å². The first-order valence-corrected chi connectivity index (χ1v) is 7.83. The number of amides is 1. The number of hydrogen-bond acceptors (Lipinski definition) is 2. The average Bonchev–Trinajstić information content (AvgIpc) is 2.46. The van der Waals surface area contributed by atoms with Crippen molar-refractivity contribution in [3.63, 3.8) is 0 Å². The summed E-state index contributed by atoms with van der Waals surface area (Å²) in [6, 6.07) is 9.89. The first-order valence-electron chi connectivity index (χ1n) is 7.83. The first kappa shape index (κ1) is 18.2. The predicted octanol–water partition coefficient (Wildman–Crippen LogP) is 3.50. The van der Waals surface area contributed by atoms with Crippen LogP contribution in [0.2, 0.25) is 0 Å². The van der Waals surface area contributed by atoms with Crippen LogP contribution < -0.4 is 5.32 Å². The Bertz CT molecular complexity index is 504. The summed E-state index contributed by atoms with van der Waals surface area (Å²) < 4.78 is 0. The summed E-state index contributed by atoms with van der Waals surface area (Å²) in [7, 11) is 0. The minimum absolute atomic E-state index is 0.0441. The Balaban J connectivity index is 2.81. The SMILES string of the molecule is CCC(CC)(CC(=O)O)NC(=O)CC(C)(C)c1ccccc1. The van der Waals surface area contributed by atoms with Crippen molar-refractivity contribution in [1.29, 1.82) is 0 Å². The molecular weight excluding hydrogens is 278 g/mol. The molecule has 2 N–H and O–H groups in total. The zero-order chi connectivity index (χ0) is 16.8. The van der Waals surface area contributed by atoms with Crippen molar-refractivity contribution in [1.82, 2.24) is 5.32 Å². The summed E-state index contributed by atoms with van der Waals surface area (Å²) in [6.45, 7) is 7.88. The van der Waals surface area contributed by atoms with E-state index in [9.17, 15) is 9.59 Å². The van der Waals surface area contributed by atoms with E-state index in [0.717, 1.165) is 5.56 Å². The van der Waals surface area contributed by atoms with E-state index in [0.29, 0.717) is 19.3 Å². The molecule has 1 amide bonds. The van der Waals surface area contributed by atoms with Crippen LogP contribution in [0.3, 0.4) is 0 Å². The Labute approximate surface area is 132 Å². The Morgan fingerprint density at radius 2 is 1.59 bits per heavy atom. The molecule has 1 aromatic rings. The predicted molar refractivity (Wildman–Crippen MR) is 87.8 cm³/mol. The number of carboxylic acid groups (broad SMARTS) is 1. The second-order valence-electron chi connectivity index (χ2n) is 6.53. The van der Waals surface area contributed by atoms with Crippen molar-refractivity contribution in [3.05, 3.63) is 35.9 Å². The van der Waals surface area contributed by atoms with Gasteiger partial charge in [0.15, 0.2) is 0 Å². The highest BCUT2D eigenvalue weighted by molar-refractivity contribution is 5.79. The lowest BCUT2D eigenvalue weighted by Crippen LogP contribution is -2.50. The van der Waals surface area contributed by atoms with Gasteiger partial charge in [0.05, 0.1) is 6.42 Å². The number of carbonyl (C=O) groups excluding carboxylic acids is 1. The molecule has 0 saturated carbocycles. The molecule has 0 atom stereocenters. The van der Waals surface area contributed by atoms with Gasteiger partial charge in [0.25, 0.3) is 0 Å². The van der Waals surface area contributed by atoms with Crippen LogP contribution in [-0.4, -0.2) is 22.5 Å². The Hall–Kier alpha value is -1.84. The highest BCUT2D eigenvalue weighted by atomic mass is 16.4. The molecule has 1 aromatic carbocycles. The molecule has 0 fully saturated rings. The smallest absolute Gasteiger partial charge is 0.305 e. The van der Waals surface area contributed by atoms with Crippen LogP contribution in [0.15, 0.2) is 30.3 Å². The van der Waals surface area contributed by atoms with E-state index >= 15 is 0 Å². The number of hydrogen-bond donors (Lipinski definition) is 2. The molecule has 4 heteroatoms. The Morgan fingerprint density at radius 3 is 2.05 bits per heavy atom. The summed E-state index contributed by atoms with van der Waals surface area (Å²) in [5, 5.41) is 12.1. The van der Waals surface area contributed by atoms with E-state index in [1.807, 2.05) is 58.0 Å². The fraction of sp³-hybridized carbons (Fsp3) is 0.556. The largest absolute Gasteiger partial charge is 0.481 e. The number of carbonyl (C=O) groups is 2. The topological polar surface area (TPSA) is 66.4 Å². The summed E-state index contributed by atoms with van der Waals surface area (Å²) >= 11 is 0. The zero-order valence-electron chi connectivity index (χ0n) is 14.0. The van der Waals surface area contributed by atoms with Crippen molar-refractivity contribution < 1.29 is 14.7 Å². The standard InChI is InChI=1S/C18H27NO3/c1-5-18(6-2,13-16(21)22)19-15(20)12-17(3,4)14-10-8-7-9-11-14/h7-11H,5-6,12-13H2,1-4H3,(H,19,20)(H,21,22). The summed E-state index contributed by atoms with van der Waals surface area (Å²) in [6.07, 6.45) is 1.50. The van der Waals surface area contributed by atoms with E-state index < -0.39 is 11.5 Å². The summed E-state index contributed by atoms with van der Waals surface area (Å²) in [5.74, 6) is -0.981. The lowest BCUT2D eigenvalue weighted by molar-refractivity contribution is -0.139. The lowest BCUT2D eigenvalue weighted by Gasteiger charge is -2.33. The second-order valence-corrected chi connectivity index (χ2v) is 6.53. The molecule has 0 saturated heterocycles. The van der Waals surface area contributed by atoms with Gasteiger partial charge >= 0.3 is 5.97 Å². The molecule has 0 aliphatic carbocycles. The third-order valence-electron chi connectivity index (χ3n) is 4.41. The third kappa shape index (κ3) is 4.86. The summed E-state index contributed by atoms with van der Waals surface area (Å²) in [5.41, 5.74) is 0.152. The summed E-state index contributed by atoms with van der Waals surface area (Å²) in [4.78, 5) is 23.5. The maximum absolute atomic E-state index is 12.4. The van der Waals surface area contributed by atoms with Gasteiger partial charge in [-0.2, -0.15) is 0 Å². The van der Waals surface area contributed by atoms with E-state index in [1.165, 1.54) is 0 Å². The minimum Gasteiger partial charge on any atom is -0.481 e. The molecule has 0 radical (unpaired) electrons. The molecule has 1 rings (SSSR count). The fourth-order valence-electron chi connectivity index (χ4n) is 2.74. The normalized spacial score (nSPS) is 12.0. The van der Waals surface area contributed by atoms with Gasteiger partial charge in [-0.1, -0.05) is 58.0 Å². The quantitative estimate of drug-likeness (QED) is 0.772. The fourth-order valence-corrected chi connectivity index (χ4v) is 2.74. The minimum atomic E-state index is -0.883. The van der Waals surface area contributed by atoms with Crippen molar-refractivity contribution in [3.8, 4) is 0 Å². The van der Waals surface area contributed by atoms with Gasteiger partial charge in [0, 0.05) is 12.0 Å². The number of benzene rings is 1. The Morgan fingerprint density at radius 1 is 1.05 bits per heavy atom. The highest BCUT2D eigenvalue weighted by Gasteiger charge is 2.33. The van der Waals surface area contributed by atoms with Crippen molar-refractivity contribution in [2.24, 2.45) is 0 Å². The lowest BCUT2D eigenvalue weighted by atomic mass is 9.80. The van der Waals surface area contributed by atoms with Crippen LogP contribution >= 0.6 is 0 Å². The average molecular weight is 305 g/mol. The van der Waals surface area contributed by atoms with Crippen LogP contribution in [0.5, 0.6) is 0 Å². The van der Waals surface area contributed by atoms with Gasteiger partial charge in [-0.3, -0.25) is 9.59 Å². The molecule has 0 aliphatic heterocycles. The molecule has 0 bridgehead atoms. The van der Waals surface area contributed by atoms with E-state index in [4.69, 9.17) is 5.11 Å². The third-order valence-corrected chi connectivity index (χ3v) is 4.41. The van der Waals surface area contributed by atoms with Gasteiger partial charge in [-0.05, 0) is 23.8 Å². The van der Waals surface area contributed by atoms with Gasteiger partial charge in [0.2, 0.25) is 5.91 Å². The van der Waals surface area contributed by atoms with Crippen LogP contribution in [0.4, 0.5) is 0 Å². The number of nitrogens with one attached hydrogen (secondary N) is 1. The molecule has 0 aromatic heterocycles. The van der Waals surface area contributed by atoms with Gasteiger partial charge in [-0.25, -0.2) is 0 Å². The maximum Gasteiger partial charge on any atom is 0.305 e. The van der Waals surface area contributed by atoms with Gasteiger partial charge in [0.1, 0.15) is 0 Å². The number of rotatable bonds is 8. The van der Waals surface area contributed by atoms with Gasteiger partial charge < -0.3 is 10.4 Å². The molecule has 0 heterocycles. The second kappa shape index (κ2) is 7.43. The van der Waals surface area contributed by atoms with E-state index in [-0.39, 0.29) is 17.7 Å². The number of aliphatic carboxylic acids is 1. The molecule has 0 aliphatic rings. The van der Waals surface area contributed by atoms with E-state index in [2.05, 4.69) is 5.32 Å². The van der Waals surface area contributed by atoms with Crippen LogP contribution in [0, 0.1) is 0 Å². The monoisotopic (exact) mass is 305 g/mol. The maximum atomic E-state index is 12.4. The van der Waals surface area contributed by atoms with Crippen LogP contribution in [0.25, 0.3) is 0 Å². The zero-order valence-corrected chi connectivity index (χ0v) is 14.0. The number of carboxylic acids is 1. The molecule has 0 spiro atoms. The van der Waals surface area contributed by atoms with Gasteiger partial charge in [-0.15, -0.1) is 0 Å². The van der Waals surface area contributed by atoms with E-state index in [1.54, 1.807) is 0 Å². The first-order chi connectivity index (χ1) is 10.2.